The minimum absolute atomic E-state index is 0.00254. The number of methoxy groups -OCH3 is 1. The Bertz CT molecular complexity index is 602. The molecule has 1 aromatic rings. The summed E-state index contributed by atoms with van der Waals surface area (Å²) in [5.74, 6) is 0.542. The van der Waals surface area contributed by atoms with E-state index in [0.29, 0.717) is 18.7 Å². The quantitative estimate of drug-likeness (QED) is 0.622. The fraction of sp³-hybridized carbons (Fsp3) is 0.357. The van der Waals surface area contributed by atoms with Gasteiger partial charge in [0.15, 0.2) is 0 Å². The van der Waals surface area contributed by atoms with E-state index in [1.165, 1.54) is 31.4 Å². The van der Waals surface area contributed by atoms with Crippen molar-refractivity contribution in [3.63, 3.8) is 0 Å². The lowest BCUT2D eigenvalue weighted by Crippen LogP contribution is -2.39. The molecule has 0 aliphatic heterocycles. The number of amides is 2. The highest BCUT2D eigenvalue weighted by Gasteiger charge is 2.17. The Morgan fingerprint density at radius 1 is 1.24 bits per heavy atom. The van der Waals surface area contributed by atoms with Gasteiger partial charge in [0.25, 0.3) is 10.0 Å². The molecule has 6 nitrogen and oxygen atoms in total. The van der Waals surface area contributed by atoms with E-state index < -0.39 is 16.1 Å². The second kappa shape index (κ2) is 7.68. The Labute approximate surface area is 125 Å². The number of hydrogen-bond acceptors (Lipinski definition) is 4. The van der Waals surface area contributed by atoms with E-state index in [2.05, 4.69) is 5.32 Å². The fourth-order valence-corrected chi connectivity index (χ4v) is 2.45. The van der Waals surface area contributed by atoms with Crippen molar-refractivity contribution < 1.29 is 17.9 Å². The molecule has 0 aliphatic rings. The van der Waals surface area contributed by atoms with Crippen molar-refractivity contribution in [2.45, 2.75) is 25.2 Å². The molecule has 0 aliphatic carbocycles. The second-order valence-corrected chi connectivity index (χ2v) is 6.29. The van der Waals surface area contributed by atoms with Crippen molar-refractivity contribution in [3.8, 4) is 5.75 Å². The summed E-state index contributed by atoms with van der Waals surface area (Å²) in [6, 6.07) is 5.03. The summed E-state index contributed by atoms with van der Waals surface area (Å²) in [5, 5.41) is 2.49. The van der Waals surface area contributed by atoms with Crippen molar-refractivity contribution in [2.75, 3.05) is 13.7 Å². The smallest absolute Gasteiger partial charge is 0.328 e. The van der Waals surface area contributed by atoms with E-state index in [0.717, 1.165) is 5.57 Å². The van der Waals surface area contributed by atoms with Gasteiger partial charge in [-0.2, -0.15) is 0 Å². The summed E-state index contributed by atoms with van der Waals surface area (Å²) >= 11 is 0. The topological polar surface area (TPSA) is 84.5 Å². The number of rotatable bonds is 6. The van der Waals surface area contributed by atoms with Gasteiger partial charge in [0.1, 0.15) is 5.75 Å². The maximum absolute atomic E-state index is 12.0. The Balaban J connectivity index is 2.58. The molecule has 7 heteroatoms. The first-order valence-corrected chi connectivity index (χ1v) is 7.91. The molecule has 0 heterocycles. The number of sulfonamides is 1. The number of allylic oxidation sites excluding steroid dienone is 1. The zero-order valence-electron chi connectivity index (χ0n) is 12.3. The van der Waals surface area contributed by atoms with Crippen molar-refractivity contribution in [1.82, 2.24) is 10.0 Å². The van der Waals surface area contributed by atoms with Crippen LogP contribution in [0.3, 0.4) is 0 Å². The highest BCUT2D eigenvalue weighted by molar-refractivity contribution is 7.90. The van der Waals surface area contributed by atoms with Crippen molar-refractivity contribution in [1.29, 1.82) is 0 Å². The van der Waals surface area contributed by atoms with Crippen LogP contribution in [-0.2, 0) is 10.0 Å². The second-order valence-electron chi connectivity index (χ2n) is 4.61. The number of urea groups is 1. The van der Waals surface area contributed by atoms with Crippen molar-refractivity contribution in [3.05, 3.63) is 35.9 Å². The molecule has 0 saturated carbocycles. The van der Waals surface area contributed by atoms with E-state index in [9.17, 15) is 13.2 Å². The molecule has 1 rings (SSSR count). The number of ether oxygens (including phenoxy) is 1. The number of nitrogens with one attached hydrogen (secondary N) is 2. The Morgan fingerprint density at radius 3 is 2.38 bits per heavy atom. The van der Waals surface area contributed by atoms with Crippen LogP contribution in [0.15, 0.2) is 40.8 Å². The lowest BCUT2D eigenvalue weighted by molar-refractivity contribution is 0.246. The average Bonchev–Trinajstić information content (AvgIpc) is 2.43. The molecule has 0 radical (unpaired) electrons. The molecule has 0 atom stereocenters. The maximum Gasteiger partial charge on any atom is 0.328 e. The van der Waals surface area contributed by atoms with Crippen LogP contribution in [0.4, 0.5) is 4.79 Å². The fourth-order valence-electron chi connectivity index (χ4n) is 1.52. The van der Waals surface area contributed by atoms with Gasteiger partial charge in [-0.05, 0) is 44.5 Å². The van der Waals surface area contributed by atoms with Gasteiger partial charge < -0.3 is 10.1 Å². The molecule has 0 aromatic heterocycles. The van der Waals surface area contributed by atoms with Crippen LogP contribution in [0.25, 0.3) is 0 Å². The molecule has 116 valence electrons. The predicted molar refractivity (Wildman–Crippen MR) is 80.8 cm³/mol. The van der Waals surface area contributed by atoms with Crippen LogP contribution in [0.2, 0.25) is 0 Å². The molecule has 2 N–H and O–H groups in total. The molecule has 0 spiro atoms. The monoisotopic (exact) mass is 312 g/mol. The Kier molecular flexibility index (Phi) is 6.23. The number of carbonyl (C=O) groups is 1. The van der Waals surface area contributed by atoms with Crippen molar-refractivity contribution >= 4 is 16.1 Å². The maximum atomic E-state index is 12.0. The van der Waals surface area contributed by atoms with E-state index in [4.69, 9.17) is 4.74 Å². The highest BCUT2D eigenvalue weighted by Crippen LogP contribution is 2.15. The lowest BCUT2D eigenvalue weighted by atomic mass is 10.3. The number of hydrogen-bond donors (Lipinski definition) is 2. The van der Waals surface area contributed by atoms with E-state index in [1.807, 2.05) is 24.6 Å². The third kappa shape index (κ3) is 5.86. The SMILES string of the molecule is COc1ccc(S(=O)(=O)NC(=O)NCCC=C(C)C)cc1. The third-order valence-corrected chi connectivity index (χ3v) is 3.93. The van der Waals surface area contributed by atoms with Gasteiger partial charge in [-0.25, -0.2) is 17.9 Å². The van der Waals surface area contributed by atoms with Gasteiger partial charge in [-0.3, -0.25) is 0 Å². The zero-order valence-corrected chi connectivity index (χ0v) is 13.2. The van der Waals surface area contributed by atoms with Gasteiger partial charge in [0.05, 0.1) is 12.0 Å². The third-order valence-electron chi connectivity index (χ3n) is 2.58. The van der Waals surface area contributed by atoms with Crippen LogP contribution < -0.4 is 14.8 Å². The molecule has 0 bridgehead atoms. The summed E-state index contributed by atoms with van der Waals surface area (Å²) in [4.78, 5) is 11.6. The summed E-state index contributed by atoms with van der Waals surface area (Å²) in [5.41, 5.74) is 1.14. The van der Waals surface area contributed by atoms with E-state index in [-0.39, 0.29) is 4.90 Å². The molecule has 1 aromatic carbocycles. The average molecular weight is 312 g/mol. The van der Waals surface area contributed by atoms with Gasteiger partial charge in [0.2, 0.25) is 0 Å². The zero-order chi connectivity index (χ0) is 15.9. The van der Waals surface area contributed by atoms with E-state index >= 15 is 0 Å². The lowest BCUT2D eigenvalue weighted by Gasteiger charge is -2.08. The molecule has 21 heavy (non-hydrogen) atoms. The standard InChI is InChI=1S/C14H20N2O4S/c1-11(2)5-4-10-15-14(17)16-21(18,19)13-8-6-12(20-3)7-9-13/h5-9H,4,10H2,1-3H3,(H2,15,16,17). The van der Waals surface area contributed by atoms with Gasteiger partial charge in [-0.1, -0.05) is 11.6 Å². The van der Waals surface area contributed by atoms with Crippen LogP contribution in [0.5, 0.6) is 5.75 Å². The summed E-state index contributed by atoms with van der Waals surface area (Å²) in [6.45, 7) is 4.28. The largest absolute Gasteiger partial charge is 0.497 e. The number of benzene rings is 1. The first kappa shape index (κ1) is 17.0. The number of carbonyl (C=O) groups excluding carboxylic acids is 1. The van der Waals surface area contributed by atoms with Gasteiger partial charge >= 0.3 is 6.03 Å². The van der Waals surface area contributed by atoms with Crippen LogP contribution in [0, 0.1) is 0 Å². The normalized spacial score (nSPS) is 10.6. The minimum Gasteiger partial charge on any atom is -0.497 e. The molecular formula is C14H20N2O4S. The molecular weight excluding hydrogens is 292 g/mol. The van der Waals surface area contributed by atoms with Gasteiger partial charge in [-0.15, -0.1) is 0 Å². The van der Waals surface area contributed by atoms with Crippen LogP contribution in [-0.4, -0.2) is 28.1 Å². The Morgan fingerprint density at radius 2 is 1.86 bits per heavy atom. The van der Waals surface area contributed by atoms with Gasteiger partial charge in [0, 0.05) is 6.54 Å². The Hall–Kier alpha value is -2.02. The summed E-state index contributed by atoms with van der Waals surface area (Å²) in [7, 11) is -2.38. The predicted octanol–water partition coefficient (Wildman–Crippen LogP) is 2.04. The first-order chi connectivity index (χ1) is 9.85. The molecule has 0 unspecified atom stereocenters. The van der Waals surface area contributed by atoms with Crippen LogP contribution in [0.1, 0.15) is 20.3 Å². The summed E-state index contributed by atoms with van der Waals surface area (Å²) in [6.07, 6.45) is 2.61. The van der Waals surface area contributed by atoms with Crippen molar-refractivity contribution in [2.24, 2.45) is 0 Å². The molecule has 0 saturated heterocycles. The van der Waals surface area contributed by atoms with Crippen LogP contribution >= 0.6 is 0 Å². The molecule has 0 fully saturated rings. The minimum atomic E-state index is -3.87. The first-order valence-electron chi connectivity index (χ1n) is 6.43. The van der Waals surface area contributed by atoms with E-state index in [1.54, 1.807) is 0 Å². The highest BCUT2D eigenvalue weighted by atomic mass is 32.2. The summed E-state index contributed by atoms with van der Waals surface area (Å²) < 4.78 is 30.8. The molecule has 2 amide bonds.